The van der Waals surface area contributed by atoms with Crippen molar-refractivity contribution in [2.75, 3.05) is 20.3 Å². The molecule has 146 valence electrons. The third kappa shape index (κ3) is 5.25. The van der Waals surface area contributed by atoms with Gasteiger partial charge in [-0.3, -0.25) is 0 Å². The monoisotopic (exact) mass is 399 g/mol. The molecule has 0 saturated heterocycles. The fourth-order valence-corrected chi connectivity index (χ4v) is 3.48. The molecule has 1 N–H and O–H groups in total. The van der Waals surface area contributed by atoms with E-state index in [1.54, 1.807) is 31.4 Å². The van der Waals surface area contributed by atoms with Crippen LogP contribution in [0.25, 0.3) is 0 Å². The summed E-state index contributed by atoms with van der Waals surface area (Å²) < 4.78 is 43.8. The molecule has 28 heavy (non-hydrogen) atoms. The van der Waals surface area contributed by atoms with Gasteiger partial charge in [-0.25, -0.2) is 13.1 Å². The largest absolute Gasteiger partial charge is 0.493 e. The fourth-order valence-electron chi connectivity index (χ4n) is 2.47. The normalized spacial score (nSPS) is 11.0. The summed E-state index contributed by atoms with van der Waals surface area (Å²) in [6.45, 7) is 0.303. The summed E-state index contributed by atoms with van der Waals surface area (Å²) in [5.41, 5.74) is 0. The maximum absolute atomic E-state index is 12.4. The number of hydrogen-bond acceptors (Lipinski definition) is 5. The quantitative estimate of drug-likeness (QED) is 0.554. The molecule has 0 saturated carbocycles. The predicted molar refractivity (Wildman–Crippen MR) is 107 cm³/mol. The molecule has 0 aliphatic carbocycles. The van der Waals surface area contributed by atoms with Gasteiger partial charge in [0.15, 0.2) is 11.5 Å². The van der Waals surface area contributed by atoms with Gasteiger partial charge in [-0.2, -0.15) is 0 Å². The van der Waals surface area contributed by atoms with Crippen molar-refractivity contribution in [2.24, 2.45) is 0 Å². The summed E-state index contributed by atoms with van der Waals surface area (Å²) in [6.07, 6.45) is 0. The maximum atomic E-state index is 12.4. The highest BCUT2D eigenvalue weighted by atomic mass is 32.2. The Morgan fingerprint density at radius 1 is 0.786 bits per heavy atom. The molecule has 0 aliphatic rings. The molecule has 0 radical (unpaired) electrons. The van der Waals surface area contributed by atoms with Crippen molar-refractivity contribution >= 4 is 10.0 Å². The van der Waals surface area contributed by atoms with Crippen LogP contribution in [0.15, 0.2) is 83.8 Å². The molecule has 3 aromatic carbocycles. The van der Waals surface area contributed by atoms with E-state index in [9.17, 15) is 8.42 Å². The molecule has 6 nitrogen and oxygen atoms in total. The highest BCUT2D eigenvalue weighted by Gasteiger charge is 2.14. The highest BCUT2D eigenvalue weighted by Crippen LogP contribution is 2.25. The first-order chi connectivity index (χ1) is 13.6. The van der Waals surface area contributed by atoms with Crippen LogP contribution in [0.4, 0.5) is 0 Å². The second kappa shape index (κ2) is 9.25. The summed E-state index contributed by atoms with van der Waals surface area (Å²) in [4.78, 5) is 0.158. The van der Waals surface area contributed by atoms with E-state index >= 15 is 0 Å². The van der Waals surface area contributed by atoms with Crippen LogP contribution in [0.5, 0.6) is 23.0 Å². The molecule has 0 aromatic heterocycles. The third-order valence-electron chi connectivity index (χ3n) is 3.83. The zero-order valence-corrected chi connectivity index (χ0v) is 16.2. The van der Waals surface area contributed by atoms with Crippen LogP contribution in [-0.4, -0.2) is 28.7 Å². The van der Waals surface area contributed by atoms with Crippen LogP contribution in [0, 0.1) is 0 Å². The number of rotatable bonds is 9. The van der Waals surface area contributed by atoms with Crippen molar-refractivity contribution in [3.8, 4) is 23.0 Å². The lowest BCUT2D eigenvalue weighted by Crippen LogP contribution is -2.28. The molecule has 0 spiro atoms. The van der Waals surface area contributed by atoms with Crippen LogP contribution < -0.4 is 18.9 Å². The topological polar surface area (TPSA) is 73.9 Å². The molecule has 0 fully saturated rings. The Balaban J connectivity index is 1.54. The van der Waals surface area contributed by atoms with Gasteiger partial charge in [0, 0.05) is 6.54 Å². The molecule has 0 amide bonds. The molecule has 7 heteroatoms. The number of para-hydroxylation sites is 3. The van der Waals surface area contributed by atoms with Crippen molar-refractivity contribution < 1.29 is 22.6 Å². The van der Waals surface area contributed by atoms with Gasteiger partial charge in [0.25, 0.3) is 0 Å². The molecule has 3 aromatic rings. The van der Waals surface area contributed by atoms with E-state index in [1.807, 2.05) is 42.5 Å². The van der Waals surface area contributed by atoms with Gasteiger partial charge in [0.2, 0.25) is 10.0 Å². The Bertz CT molecular complexity index is 989. The van der Waals surface area contributed by atoms with Crippen LogP contribution >= 0.6 is 0 Å². The van der Waals surface area contributed by atoms with Crippen molar-refractivity contribution in [3.63, 3.8) is 0 Å². The van der Waals surface area contributed by atoms with Crippen LogP contribution in [0.2, 0.25) is 0 Å². The first-order valence-electron chi connectivity index (χ1n) is 8.67. The minimum atomic E-state index is -3.64. The Labute approximate surface area is 164 Å². The number of methoxy groups -OCH3 is 1. The summed E-state index contributed by atoms with van der Waals surface area (Å²) in [6, 6.07) is 22.7. The van der Waals surface area contributed by atoms with Crippen LogP contribution in [-0.2, 0) is 10.0 Å². The van der Waals surface area contributed by atoms with Gasteiger partial charge in [-0.05, 0) is 48.5 Å². The molecule has 0 aliphatic heterocycles. The Kier molecular flexibility index (Phi) is 6.52. The Morgan fingerprint density at radius 3 is 2.07 bits per heavy atom. The summed E-state index contributed by atoms with van der Waals surface area (Å²) >= 11 is 0. The molecule has 0 bridgehead atoms. The lowest BCUT2D eigenvalue weighted by molar-refractivity contribution is 0.298. The van der Waals surface area contributed by atoms with Gasteiger partial charge in [-0.1, -0.05) is 30.3 Å². The second-order valence-corrected chi connectivity index (χ2v) is 7.55. The number of ether oxygens (including phenoxy) is 3. The predicted octanol–water partition coefficient (Wildman–Crippen LogP) is 3.84. The van der Waals surface area contributed by atoms with Gasteiger partial charge >= 0.3 is 0 Å². The van der Waals surface area contributed by atoms with Gasteiger partial charge in [0.1, 0.15) is 18.1 Å². The summed E-state index contributed by atoms with van der Waals surface area (Å²) in [5, 5.41) is 0. The van der Waals surface area contributed by atoms with E-state index in [0.717, 1.165) is 0 Å². The second-order valence-electron chi connectivity index (χ2n) is 5.78. The smallest absolute Gasteiger partial charge is 0.240 e. The van der Waals surface area contributed by atoms with E-state index in [2.05, 4.69) is 4.72 Å². The average molecular weight is 399 g/mol. The van der Waals surface area contributed by atoms with Crippen molar-refractivity contribution in [1.29, 1.82) is 0 Å². The first kappa shape index (κ1) is 19.7. The van der Waals surface area contributed by atoms with Crippen LogP contribution in [0.1, 0.15) is 0 Å². The molecule has 3 rings (SSSR count). The highest BCUT2D eigenvalue weighted by molar-refractivity contribution is 7.89. The molecule has 0 heterocycles. The van der Waals surface area contributed by atoms with Crippen LogP contribution in [0.3, 0.4) is 0 Å². The number of sulfonamides is 1. The lowest BCUT2D eigenvalue weighted by atomic mass is 10.3. The SMILES string of the molecule is COc1ccccc1OCCNS(=O)(=O)c1ccc(Oc2ccccc2)cc1. The summed E-state index contributed by atoms with van der Waals surface area (Å²) in [5.74, 6) is 2.40. The van der Waals surface area contributed by atoms with E-state index in [1.165, 1.54) is 12.1 Å². The summed E-state index contributed by atoms with van der Waals surface area (Å²) in [7, 11) is -2.09. The maximum Gasteiger partial charge on any atom is 0.240 e. The minimum absolute atomic E-state index is 0.128. The zero-order valence-electron chi connectivity index (χ0n) is 15.4. The number of hydrogen-bond donors (Lipinski definition) is 1. The molecule has 0 atom stereocenters. The fraction of sp³-hybridized carbons (Fsp3) is 0.143. The van der Waals surface area contributed by atoms with Gasteiger partial charge in [-0.15, -0.1) is 0 Å². The zero-order chi connectivity index (χ0) is 19.8. The van der Waals surface area contributed by atoms with E-state index < -0.39 is 10.0 Å². The standard InChI is InChI=1S/C21H21NO5S/c1-25-20-9-5-6-10-21(20)26-16-15-22-28(23,24)19-13-11-18(12-14-19)27-17-7-3-2-4-8-17/h2-14,22H,15-16H2,1H3. The molecule has 0 unspecified atom stereocenters. The van der Waals surface area contributed by atoms with Crippen molar-refractivity contribution in [1.82, 2.24) is 4.72 Å². The molecular formula is C21H21NO5S. The number of benzene rings is 3. The Morgan fingerprint density at radius 2 is 1.39 bits per heavy atom. The third-order valence-corrected chi connectivity index (χ3v) is 5.31. The minimum Gasteiger partial charge on any atom is -0.493 e. The van der Waals surface area contributed by atoms with Gasteiger partial charge < -0.3 is 14.2 Å². The lowest BCUT2D eigenvalue weighted by Gasteiger charge is -2.11. The molecular weight excluding hydrogens is 378 g/mol. The number of nitrogens with one attached hydrogen (secondary N) is 1. The van der Waals surface area contributed by atoms with Crippen molar-refractivity contribution in [2.45, 2.75) is 4.90 Å². The average Bonchev–Trinajstić information content (AvgIpc) is 2.73. The van der Waals surface area contributed by atoms with E-state index in [0.29, 0.717) is 23.0 Å². The van der Waals surface area contributed by atoms with Crippen molar-refractivity contribution in [3.05, 3.63) is 78.9 Å². The first-order valence-corrected chi connectivity index (χ1v) is 10.2. The van der Waals surface area contributed by atoms with Gasteiger partial charge in [0.05, 0.1) is 12.0 Å². The van der Waals surface area contributed by atoms with E-state index in [4.69, 9.17) is 14.2 Å². The Hall–Kier alpha value is -3.03. The van der Waals surface area contributed by atoms with E-state index in [-0.39, 0.29) is 18.0 Å².